The van der Waals surface area contributed by atoms with Crippen LogP contribution in [0.15, 0.2) is 85.1 Å². The molecule has 0 heterocycles. The van der Waals surface area contributed by atoms with E-state index in [4.69, 9.17) is 13.8 Å². The van der Waals surface area contributed by atoms with Crippen molar-refractivity contribution in [1.82, 2.24) is 5.32 Å². The first kappa shape index (κ1) is 76.2. The Morgan fingerprint density at radius 1 is 0.456 bits per heavy atom. The highest BCUT2D eigenvalue weighted by Crippen LogP contribution is 2.43. The quantitative estimate of drug-likeness (QED) is 0.0205. The van der Waals surface area contributed by atoms with Crippen LogP contribution in [0, 0.1) is 0 Å². The van der Waals surface area contributed by atoms with E-state index in [0.29, 0.717) is 17.4 Å². The predicted molar refractivity (Wildman–Crippen MR) is 341 cm³/mol. The molecule has 0 rings (SSSR count). The van der Waals surface area contributed by atoms with Crippen LogP contribution in [0.4, 0.5) is 0 Å². The van der Waals surface area contributed by atoms with Crippen molar-refractivity contribution < 1.29 is 37.3 Å². The minimum Gasteiger partial charge on any atom is -0.456 e. The lowest BCUT2D eigenvalue weighted by Crippen LogP contribution is -2.47. The number of nitrogens with one attached hydrogen (secondary N) is 1. The number of phosphoric ester groups is 1. The standard InChI is InChI=1S/C69H125N2O7P/c1-7-10-13-16-19-22-25-28-30-32-33-34-35-36-37-39-41-44-47-50-53-56-59-62-69(73)78-67(60-57-54-51-48-45-42-27-24-21-18-15-12-9-3)66(65-77-79(74,75)76-64-63-71(4,5)6)70-68(72)61-58-55-52-49-46-43-40-38-31-29-26-23-20-17-14-11-8-2/h11,14,20,23,28-31,40,43,49,52,57,60,66-67H,7-10,12-13,15-19,21-22,24-27,32-39,41-42,44-48,50-51,53-56,58-59,61-65H2,1-6H3,(H-,70,72,74,75)/p+1/b14-11-,23-20-,30-28+,31-29-,43-40-,52-49-,60-57-. The molecule has 0 bridgehead atoms. The molecule has 0 aliphatic carbocycles. The third-order valence-corrected chi connectivity index (χ3v) is 15.3. The monoisotopic (exact) mass is 1130 g/mol. The van der Waals surface area contributed by atoms with Gasteiger partial charge >= 0.3 is 13.8 Å². The van der Waals surface area contributed by atoms with E-state index < -0.39 is 20.0 Å². The molecular formula is C69H126N2O7P+. The highest BCUT2D eigenvalue weighted by molar-refractivity contribution is 7.47. The van der Waals surface area contributed by atoms with Crippen molar-refractivity contribution in [1.29, 1.82) is 0 Å². The van der Waals surface area contributed by atoms with Crippen LogP contribution in [0.25, 0.3) is 0 Å². The van der Waals surface area contributed by atoms with Crippen molar-refractivity contribution in [2.75, 3.05) is 40.9 Å². The average Bonchev–Trinajstić information content (AvgIpc) is 3.41. The fraction of sp³-hybridized carbons (Fsp3) is 0.768. The van der Waals surface area contributed by atoms with Crippen LogP contribution in [-0.4, -0.2) is 74.3 Å². The number of amides is 1. The van der Waals surface area contributed by atoms with Crippen molar-refractivity contribution in [2.45, 2.75) is 303 Å². The van der Waals surface area contributed by atoms with Crippen LogP contribution >= 0.6 is 7.82 Å². The van der Waals surface area contributed by atoms with Crippen LogP contribution < -0.4 is 5.32 Å². The number of carbonyl (C=O) groups excluding carboxylic acids is 2. The number of hydrogen-bond acceptors (Lipinski definition) is 6. The molecule has 0 radical (unpaired) electrons. The number of allylic oxidation sites excluding steroid dienone is 13. The molecule has 0 saturated carbocycles. The highest BCUT2D eigenvalue weighted by atomic mass is 31.2. The molecule has 0 aromatic carbocycles. The maximum absolute atomic E-state index is 13.5. The summed E-state index contributed by atoms with van der Waals surface area (Å²) in [5.41, 5.74) is 0. The first-order valence-corrected chi connectivity index (χ1v) is 34.4. The predicted octanol–water partition coefficient (Wildman–Crippen LogP) is 20.6. The first-order valence-electron chi connectivity index (χ1n) is 32.9. The third-order valence-electron chi connectivity index (χ3n) is 14.3. The number of esters is 1. The van der Waals surface area contributed by atoms with Crippen molar-refractivity contribution >= 4 is 19.7 Å². The van der Waals surface area contributed by atoms with Gasteiger partial charge in [0.2, 0.25) is 5.91 Å². The number of nitrogens with zero attached hydrogens (tertiary/aromatic N) is 1. The number of likely N-dealkylation sites (N-methyl/N-ethyl adjacent to an activating group) is 1. The van der Waals surface area contributed by atoms with Crippen LogP contribution in [0.2, 0.25) is 0 Å². The lowest BCUT2D eigenvalue weighted by Gasteiger charge is -2.27. The molecule has 2 N–H and O–H groups in total. The largest absolute Gasteiger partial charge is 0.472 e. The Kier molecular flexibility index (Phi) is 56.3. The molecule has 79 heavy (non-hydrogen) atoms. The van der Waals surface area contributed by atoms with E-state index >= 15 is 0 Å². The smallest absolute Gasteiger partial charge is 0.456 e. The summed E-state index contributed by atoms with van der Waals surface area (Å²) in [6, 6.07) is -0.881. The molecule has 1 amide bonds. The van der Waals surface area contributed by atoms with Gasteiger partial charge in [0.1, 0.15) is 19.3 Å². The molecule has 458 valence electrons. The summed E-state index contributed by atoms with van der Waals surface area (Å²) >= 11 is 0. The van der Waals surface area contributed by atoms with Gasteiger partial charge < -0.3 is 19.4 Å². The molecule has 0 aliphatic rings. The van der Waals surface area contributed by atoms with E-state index in [1.807, 2.05) is 33.3 Å². The Morgan fingerprint density at radius 2 is 0.823 bits per heavy atom. The lowest BCUT2D eigenvalue weighted by molar-refractivity contribution is -0.870. The molecule has 0 fully saturated rings. The summed E-state index contributed by atoms with van der Waals surface area (Å²) in [5.74, 6) is -0.569. The minimum atomic E-state index is -4.47. The Hall–Kier alpha value is -2.81. The number of ether oxygens (including phenoxy) is 1. The first-order chi connectivity index (χ1) is 38.4. The van der Waals surface area contributed by atoms with Crippen LogP contribution in [0.5, 0.6) is 0 Å². The van der Waals surface area contributed by atoms with Gasteiger partial charge in [-0.15, -0.1) is 0 Å². The molecule has 0 aromatic rings. The van der Waals surface area contributed by atoms with Gasteiger partial charge in [-0.2, -0.15) is 0 Å². The van der Waals surface area contributed by atoms with Crippen molar-refractivity contribution in [3.8, 4) is 0 Å². The summed E-state index contributed by atoms with van der Waals surface area (Å²) in [7, 11) is 1.46. The Balaban J connectivity index is 5.25. The normalized spacial score (nSPS) is 14.2. The molecular weight excluding hydrogens is 1000 g/mol. The number of phosphoric acid groups is 1. The van der Waals surface area contributed by atoms with Gasteiger partial charge in [-0.25, -0.2) is 4.57 Å². The van der Waals surface area contributed by atoms with Gasteiger partial charge in [-0.3, -0.25) is 18.6 Å². The van der Waals surface area contributed by atoms with Gasteiger partial charge in [0.25, 0.3) is 0 Å². The SMILES string of the molecule is CC/C=C\C/C=C\C/C=C\C/C=C\C/C=C\CCCC(=O)NC(COP(=O)(O)OCC[N+](C)(C)C)C(/C=C\CCCCCCCCCCCCC)OC(=O)CCCCCCCCCCCCCCC/C=C/CCCCCCCC. The Bertz CT molecular complexity index is 1630. The summed E-state index contributed by atoms with van der Waals surface area (Å²) in [5, 5.41) is 3.03. The van der Waals surface area contributed by atoms with Crippen LogP contribution in [-0.2, 0) is 27.9 Å². The summed E-state index contributed by atoms with van der Waals surface area (Å²) in [4.78, 5) is 37.8. The van der Waals surface area contributed by atoms with Crippen molar-refractivity contribution in [2.24, 2.45) is 0 Å². The molecule has 0 saturated heterocycles. The molecule has 3 atom stereocenters. The number of quaternary nitrogens is 1. The van der Waals surface area contributed by atoms with E-state index in [1.165, 1.54) is 173 Å². The van der Waals surface area contributed by atoms with E-state index in [-0.39, 0.29) is 37.9 Å². The van der Waals surface area contributed by atoms with E-state index in [1.54, 1.807) is 0 Å². The fourth-order valence-electron chi connectivity index (χ4n) is 9.27. The molecule has 0 spiro atoms. The molecule has 0 aliphatic heterocycles. The Morgan fingerprint density at radius 3 is 1.25 bits per heavy atom. The highest BCUT2D eigenvalue weighted by Gasteiger charge is 2.30. The lowest BCUT2D eigenvalue weighted by atomic mass is 10.0. The second-order valence-electron chi connectivity index (χ2n) is 23.3. The van der Waals surface area contributed by atoms with Gasteiger partial charge in [0, 0.05) is 12.8 Å². The number of carbonyl (C=O) groups is 2. The van der Waals surface area contributed by atoms with E-state index in [9.17, 15) is 19.0 Å². The zero-order valence-corrected chi connectivity index (χ0v) is 53.2. The second kappa shape index (κ2) is 58.4. The maximum atomic E-state index is 13.5. The van der Waals surface area contributed by atoms with Crippen LogP contribution in [0.3, 0.4) is 0 Å². The zero-order chi connectivity index (χ0) is 57.9. The van der Waals surface area contributed by atoms with Crippen molar-refractivity contribution in [3.05, 3.63) is 85.1 Å². The fourth-order valence-corrected chi connectivity index (χ4v) is 10.0. The summed E-state index contributed by atoms with van der Waals surface area (Å²) in [6.45, 7) is 6.87. The van der Waals surface area contributed by atoms with E-state index in [0.717, 1.165) is 77.0 Å². The van der Waals surface area contributed by atoms with E-state index in [2.05, 4.69) is 99.0 Å². The average molecular weight is 1130 g/mol. The van der Waals surface area contributed by atoms with Gasteiger partial charge in [0.05, 0.1) is 33.8 Å². The number of rotatable bonds is 59. The van der Waals surface area contributed by atoms with Gasteiger partial charge in [-0.1, -0.05) is 267 Å². The Labute approximate surface area is 488 Å². The zero-order valence-electron chi connectivity index (χ0n) is 52.3. The number of unbranched alkanes of at least 4 members (excludes halogenated alkanes) is 31. The molecule has 0 aromatic heterocycles. The number of hydrogen-bond donors (Lipinski definition) is 2. The van der Waals surface area contributed by atoms with Crippen molar-refractivity contribution in [3.63, 3.8) is 0 Å². The van der Waals surface area contributed by atoms with Gasteiger partial charge in [-0.05, 0) is 96.0 Å². The minimum absolute atomic E-state index is 0.0272. The molecule has 3 unspecified atom stereocenters. The second-order valence-corrected chi connectivity index (χ2v) is 24.7. The topological polar surface area (TPSA) is 111 Å². The summed E-state index contributed by atoms with van der Waals surface area (Å²) < 4.78 is 30.7. The third kappa shape index (κ3) is 59.6. The molecule has 9 nitrogen and oxygen atoms in total. The summed E-state index contributed by atoms with van der Waals surface area (Å²) in [6.07, 6.45) is 77.4. The maximum Gasteiger partial charge on any atom is 0.472 e. The van der Waals surface area contributed by atoms with Crippen LogP contribution in [0.1, 0.15) is 290 Å². The molecule has 10 heteroatoms. The van der Waals surface area contributed by atoms with Gasteiger partial charge in [0.15, 0.2) is 0 Å².